The van der Waals surface area contributed by atoms with Gasteiger partial charge in [-0.15, -0.1) is 0 Å². The van der Waals surface area contributed by atoms with Gasteiger partial charge in [-0.05, 0) is 29.8 Å². The molecule has 2 N–H and O–H groups in total. The van der Waals surface area contributed by atoms with Crippen LogP contribution >= 0.6 is 23.2 Å². The normalized spacial score (nSPS) is 11.0. The van der Waals surface area contributed by atoms with Crippen LogP contribution in [-0.4, -0.2) is 27.8 Å². The summed E-state index contributed by atoms with van der Waals surface area (Å²) in [5.74, 6) is -0.141. The summed E-state index contributed by atoms with van der Waals surface area (Å²) >= 11 is 11.9. The van der Waals surface area contributed by atoms with Crippen molar-refractivity contribution in [3.63, 3.8) is 0 Å². The van der Waals surface area contributed by atoms with E-state index >= 15 is 0 Å². The molecule has 0 radical (unpaired) electrons. The van der Waals surface area contributed by atoms with Gasteiger partial charge in [-0.1, -0.05) is 30.3 Å². The topological polar surface area (TPSA) is 84.3 Å². The van der Waals surface area contributed by atoms with Gasteiger partial charge in [-0.25, -0.2) is 14.8 Å². The van der Waals surface area contributed by atoms with E-state index in [1.807, 2.05) is 0 Å². The number of carbonyl (C=O) groups is 1. The van der Waals surface area contributed by atoms with Gasteiger partial charge in [0.15, 0.2) is 0 Å². The summed E-state index contributed by atoms with van der Waals surface area (Å²) in [6, 6.07) is 6.37. The van der Waals surface area contributed by atoms with E-state index in [-0.39, 0.29) is 22.7 Å². The number of benzene rings is 1. The number of amides is 1. The van der Waals surface area contributed by atoms with E-state index in [9.17, 15) is 9.90 Å². The number of anilines is 1. The number of nitrogens with one attached hydrogen (secondary N) is 1. The molecule has 0 aliphatic heterocycles. The van der Waals surface area contributed by atoms with Crippen molar-refractivity contribution < 1.29 is 14.6 Å². The fourth-order valence-electron chi connectivity index (χ4n) is 1.75. The van der Waals surface area contributed by atoms with Gasteiger partial charge in [0.2, 0.25) is 5.28 Å². The second kappa shape index (κ2) is 8.33. The number of rotatable bonds is 5. The Labute approximate surface area is 148 Å². The van der Waals surface area contributed by atoms with E-state index in [0.717, 1.165) is 0 Å². The van der Waals surface area contributed by atoms with Crippen LogP contribution in [0.3, 0.4) is 0 Å². The maximum atomic E-state index is 11.6. The number of hydrogen-bond donors (Lipinski definition) is 2. The molecule has 1 aromatic carbocycles. The number of aliphatic hydroxyl groups excluding tert-OH is 1. The first-order valence-corrected chi connectivity index (χ1v) is 7.49. The quantitative estimate of drug-likeness (QED) is 0.460. The van der Waals surface area contributed by atoms with Crippen LogP contribution in [0.5, 0.6) is 0 Å². The summed E-state index contributed by atoms with van der Waals surface area (Å²) < 4.78 is 4.82. The molecule has 0 saturated carbocycles. The maximum absolute atomic E-state index is 11.6. The van der Waals surface area contributed by atoms with E-state index in [1.54, 1.807) is 24.3 Å². The third-order valence-corrected chi connectivity index (χ3v) is 3.37. The van der Waals surface area contributed by atoms with Crippen LogP contribution < -0.4 is 5.32 Å². The summed E-state index contributed by atoms with van der Waals surface area (Å²) in [6.07, 6.45) is 3.61. The monoisotopic (exact) mass is 365 g/mol. The van der Waals surface area contributed by atoms with Gasteiger partial charge in [0.25, 0.3) is 0 Å². The lowest BCUT2D eigenvalue weighted by Crippen LogP contribution is -2.14. The highest BCUT2D eigenvalue weighted by atomic mass is 35.5. The minimum atomic E-state index is -0.681. The number of nitrogens with zero attached hydrogens (tertiary/aromatic N) is 2. The Kier molecular flexibility index (Phi) is 6.17. The molecule has 0 spiro atoms. The highest BCUT2D eigenvalue weighted by Crippen LogP contribution is 2.30. The molecule has 1 amide bonds. The minimum absolute atomic E-state index is 0.0584. The second-order valence-electron chi connectivity index (χ2n) is 4.46. The molecule has 2 rings (SSSR count). The number of carbonyl (C=O) groups excluding carboxylic acids is 1. The van der Waals surface area contributed by atoms with Crippen molar-refractivity contribution in [3.8, 4) is 0 Å². The molecule has 24 heavy (non-hydrogen) atoms. The third-order valence-electron chi connectivity index (χ3n) is 2.78. The van der Waals surface area contributed by atoms with Crippen LogP contribution in [0.25, 0.3) is 11.8 Å². The second-order valence-corrected chi connectivity index (χ2v) is 5.18. The molecule has 0 unspecified atom stereocenters. The lowest BCUT2D eigenvalue weighted by Gasteiger charge is -2.10. The van der Waals surface area contributed by atoms with E-state index in [1.165, 1.54) is 18.3 Å². The molecule has 0 fully saturated rings. The Morgan fingerprint density at radius 1 is 1.38 bits per heavy atom. The van der Waals surface area contributed by atoms with Crippen molar-refractivity contribution in [2.24, 2.45) is 0 Å². The molecule has 0 aliphatic carbocycles. The Morgan fingerprint density at radius 3 is 2.88 bits per heavy atom. The summed E-state index contributed by atoms with van der Waals surface area (Å²) in [5.41, 5.74) is 1.02. The standard InChI is InChI=1S/C16H13Cl2N3O3/c1-2-8-24-16(23)21-12-5-3-4-11(14(12)17)13(22)9-10-6-7-19-15(18)20-10/h2-7,9,22H,1,8H2,(H,21,23)/b13-9+. The van der Waals surface area contributed by atoms with E-state index in [4.69, 9.17) is 27.9 Å². The molecule has 0 saturated heterocycles. The number of aliphatic hydroxyl groups is 1. The predicted octanol–water partition coefficient (Wildman–Crippen LogP) is 4.57. The molecule has 6 nitrogen and oxygen atoms in total. The molecular weight excluding hydrogens is 353 g/mol. The third kappa shape index (κ3) is 4.71. The van der Waals surface area contributed by atoms with Gasteiger partial charge >= 0.3 is 6.09 Å². The van der Waals surface area contributed by atoms with Crippen LogP contribution in [0, 0.1) is 0 Å². The van der Waals surface area contributed by atoms with Crippen molar-refractivity contribution in [2.45, 2.75) is 0 Å². The number of aromatic nitrogens is 2. The van der Waals surface area contributed by atoms with E-state index in [0.29, 0.717) is 16.9 Å². The average Bonchev–Trinajstić information content (AvgIpc) is 2.54. The molecule has 0 aliphatic rings. The van der Waals surface area contributed by atoms with Crippen LogP contribution in [0.15, 0.2) is 43.1 Å². The average molecular weight is 366 g/mol. The maximum Gasteiger partial charge on any atom is 0.411 e. The minimum Gasteiger partial charge on any atom is -0.507 e. The van der Waals surface area contributed by atoms with E-state index in [2.05, 4.69) is 21.9 Å². The first-order valence-electron chi connectivity index (χ1n) is 6.74. The molecule has 0 bridgehead atoms. The zero-order chi connectivity index (χ0) is 17.5. The summed E-state index contributed by atoms with van der Waals surface area (Å²) in [4.78, 5) is 19.3. The smallest absolute Gasteiger partial charge is 0.411 e. The lowest BCUT2D eigenvalue weighted by molar-refractivity contribution is 0.174. The van der Waals surface area contributed by atoms with Crippen LogP contribution in [0.2, 0.25) is 10.3 Å². The van der Waals surface area contributed by atoms with Crippen molar-refractivity contribution in [2.75, 3.05) is 11.9 Å². The Hall–Kier alpha value is -2.57. The molecule has 1 heterocycles. The Morgan fingerprint density at radius 2 is 2.17 bits per heavy atom. The highest BCUT2D eigenvalue weighted by molar-refractivity contribution is 6.35. The van der Waals surface area contributed by atoms with Crippen molar-refractivity contribution >= 4 is 46.8 Å². The molecule has 0 atom stereocenters. The van der Waals surface area contributed by atoms with Gasteiger partial charge in [0.1, 0.15) is 12.4 Å². The van der Waals surface area contributed by atoms with Gasteiger partial charge in [-0.2, -0.15) is 0 Å². The summed E-state index contributed by atoms with van der Waals surface area (Å²) in [7, 11) is 0. The fraction of sp³-hybridized carbons (Fsp3) is 0.0625. The summed E-state index contributed by atoms with van der Waals surface area (Å²) in [5, 5.41) is 13.0. The van der Waals surface area contributed by atoms with Gasteiger partial charge in [0.05, 0.1) is 16.4 Å². The summed E-state index contributed by atoms with van der Waals surface area (Å²) in [6.45, 7) is 3.52. The van der Waals surface area contributed by atoms with Crippen LogP contribution in [-0.2, 0) is 4.74 Å². The van der Waals surface area contributed by atoms with Crippen molar-refractivity contribution in [1.82, 2.24) is 9.97 Å². The molecular formula is C16H13Cl2N3O3. The number of ether oxygens (including phenoxy) is 1. The van der Waals surface area contributed by atoms with Gasteiger partial charge in [0, 0.05) is 17.8 Å². The zero-order valence-electron chi connectivity index (χ0n) is 12.4. The van der Waals surface area contributed by atoms with Gasteiger partial charge in [-0.3, -0.25) is 5.32 Å². The first-order chi connectivity index (χ1) is 11.5. The molecule has 1 aromatic heterocycles. The molecule has 124 valence electrons. The van der Waals surface area contributed by atoms with Crippen LogP contribution in [0.4, 0.5) is 10.5 Å². The van der Waals surface area contributed by atoms with Crippen molar-refractivity contribution in [1.29, 1.82) is 0 Å². The highest BCUT2D eigenvalue weighted by Gasteiger charge is 2.12. The Bertz CT molecular complexity index is 794. The SMILES string of the molecule is C=CCOC(=O)Nc1cccc(/C(O)=C\c2ccnc(Cl)n2)c1Cl. The van der Waals surface area contributed by atoms with Crippen molar-refractivity contribution in [3.05, 3.63) is 64.7 Å². The molecule has 8 heteroatoms. The van der Waals surface area contributed by atoms with Crippen LogP contribution in [0.1, 0.15) is 11.3 Å². The predicted molar refractivity (Wildman–Crippen MR) is 94.2 cm³/mol. The zero-order valence-corrected chi connectivity index (χ0v) is 13.9. The number of hydrogen-bond acceptors (Lipinski definition) is 5. The number of halogens is 2. The molecule has 2 aromatic rings. The largest absolute Gasteiger partial charge is 0.507 e. The lowest BCUT2D eigenvalue weighted by atomic mass is 10.1. The van der Waals surface area contributed by atoms with Gasteiger partial charge < -0.3 is 9.84 Å². The first kappa shape index (κ1) is 17.8. The van der Waals surface area contributed by atoms with E-state index < -0.39 is 6.09 Å². The Balaban J connectivity index is 2.26. The fourth-order valence-corrected chi connectivity index (χ4v) is 2.18.